The molecule has 1 heterocycles. The number of aromatic nitrogens is 2. The number of hydrogen-bond acceptors (Lipinski definition) is 2. The molecule has 19 heavy (non-hydrogen) atoms. The van der Waals surface area contributed by atoms with Gasteiger partial charge in [0.15, 0.2) is 0 Å². The topological polar surface area (TPSA) is 29.9 Å². The smallest absolute Gasteiger partial charge is 0.124 e. The Bertz CT molecular complexity index is 607. The minimum Gasteiger partial charge on any atom is -0.376 e. The van der Waals surface area contributed by atoms with Gasteiger partial charge in [0.2, 0.25) is 0 Å². The third kappa shape index (κ3) is 2.81. The maximum Gasteiger partial charge on any atom is 0.124 e. The molecule has 0 aliphatic rings. The van der Waals surface area contributed by atoms with Crippen molar-refractivity contribution in [3.05, 3.63) is 45.4 Å². The normalized spacial score (nSPS) is 12.5. The molecule has 2 rings (SSSR count). The summed E-state index contributed by atoms with van der Waals surface area (Å²) < 4.78 is 15.7. The molecule has 102 valence electrons. The molecule has 5 heteroatoms. The minimum absolute atomic E-state index is 0.0663. The molecule has 0 aliphatic carbocycles. The van der Waals surface area contributed by atoms with Crippen molar-refractivity contribution in [1.29, 1.82) is 0 Å². The summed E-state index contributed by atoms with van der Waals surface area (Å²) in [5, 5.41) is 7.82. The van der Waals surface area contributed by atoms with E-state index in [4.69, 9.17) is 0 Å². The Morgan fingerprint density at radius 2 is 2.05 bits per heavy atom. The number of anilines is 1. The van der Waals surface area contributed by atoms with E-state index in [2.05, 4.69) is 26.3 Å². The van der Waals surface area contributed by atoms with Crippen molar-refractivity contribution in [2.45, 2.75) is 26.8 Å². The van der Waals surface area contributed by atoms with Gasteiger partial charge in [0.05, 0.1) is 17.1 Å². The van der Waals surface area contributed by atoms with Crippen LogP contribution in [0.25, 0.3) is 0 Å². The number of nitrogens with zero attached hydrogens (tertiary/aromatic N) is 2. The van der Waals surface area contributed by atoms with E-state index in [1.54, 1.807) is 6.07 Å². The highest BCUT2D eigenvalue weighted by Crippen LogP contribution is 2.29. The van der Waals surface area contributed by atoms with Crippen LogP contribution in [0.3, 0.4) is 0 Å². The largest absolute Gasteiger partial charge is 0.376 e. The summed E-state index contributed by atoms with van der Waals surface area (Å²) in [5.74, 6) is -0.239. The molecule has 1 unspecified atom stereocenters. The summed E-state index contributed by atoms with van der Waals surface area (Å²) in [7, 11) is 1.92. The molecule has 0 spiro atoms. The molecule has 3 nitrogen and oxygen atoms in total. The summed E-state index contributed by atoms with van der Waals surface area (Å²) in [6.07, 6.45) is 0. The van der Waals surface area contributed by atoms with Crippen molar-refractivity contribution in [2.24, 2.45) is 7.05 Å². The Hall–Kier alpha value is -1.36. The maximum atomic E-state index is 13.1. The van der Waals surface area contributed by atoms with Crippen LogP contribution >= 0.6 is 15.9 Å². The predicted octanol–water partition coefficient (Wildman–Crippen LogP) is 4.11. The zero-order valence-electron chi connectivity index (χ0n) is 11.5. The summed E-state index contributed by atoms with van der Waals surface area (Å²) in [4.78, 5) is 0. The summed E-state index contributed by atoms with van der Waals surface area (Å²) in [6.45, 7) is 6.04. The van der Waals surface area contributed by atoms with E-state index in [-0.39, 0.29) is 11.9 Å². The van der Waals surface area contributed by atoms with Gasteiger partial charge in [-0.2, -0.15) is 5.10 Å². The molecule has 0 bridgehead atoms. The first-order valence-electron chi connectivity index (χ1n) is 6.12. The number of aryl methyl sites for hydroxylation is 2. The van der Waals surface area contributed by atoms with E-state index in [1.807, 2.05) is 32.5 Å². The second-order valence-corrected chi connectivity index (χ2v) is 5.56. The molecule has 0 amide bonds. The highest BCUT2D eigenvalue weighted by Gasteiger charge is 2.15. The molecule has 0 fully saturated rings. The molecule has 0 saturated carbocycles. The molecule has 0 radical (unpaired) electrons. The van der Waals surface area contributed by atoms with Crippen LogP contribution in [0.4, 0.5) is 10.1 Å². The van der Waals surface area contributed by atoms with Crippen molar-refractivity contribution in [3.63, 3.8) is 0 Å². The SMILES string of the molecule is Cc1nn(C)c(C)c1NC(C)c1ccc(F)cc1Br. The van der Waals surface area contributed by atoms with Gasteiger partial charge in [0.25, 0.3) is 0 Å². The highest BCUT2D eigenvalue weighted by atomic mass is 79.9. The maximum absolute atomic E-state index is 13.1. The van der Waals surface area contributed by atoms with Crippen LogP contribution in [0.1, 0.15) is 29.9 Å². The summed E-state index contributed by atoms with van der Waals surface area (Å²) in [6, 6.07) is 4.81. The van der Waals surface area contributed by atoms with Gasteiger partial charge in [-0.05, 0) is 38.5 Å². The second kappa shape index (κ2) is 5.33. The Labute approximate surface area is 121 Å². The Kier molecular flexibility index (Phi) is 3.94. The van der Waals surface area contributed by atoms with Crippen molar-refractivity contribution < 1.29 is 4.39 Å². The fourth-order valence-electron chi connectivity index (χ4n) is 2.13. The predicted molar refractivity (Wildman–Crippen MR) is 78.8 cm³/mol. The van der Waals surface area contributed by atoms with Gasteiger partial charge >= 0.3 is 0 Å². The van der Waals surface area contributed by atoms with Crippen LogP contribution in [0.2, 0.25) is 0 Å². The van der Waals surface area contributed by atoms with E-state index in [9.17, 15) is 4.39 Å². The fraction of sp³-hybridized carbons (Fsp3) is 0.357. The first-order valence-corrected chi connectivity index (χ1v) is 6.91. The van der Waals surface area contributed by atoms with E-state index < -0.39 is 0 Å². The minimum atomic E-state index is -0.239. The van der Waals surface area contributed by atoms with Gasteiger partial charge in [-0.25, -0.2) is 4.39 Å². The molecule has 2 aromatic rings. The van der Waals surface area contributed by atoms with Crippen molar-refractivity contribution in [1.82, 2.24) is 9.78 Å². The summed E-state index contributed by atoms with van der Waals surface area (Å²) >= 11 is 3.40. The molecule has 1 N–H and O–H groups in total. The van der Waals surface area contributed by atoms with Crippen molar-refractivity contribution in [2.75, 3.05) is 5.32 Å². The fourth-order valence-corrected chi connectivity index (χ4v) is 2.82. The second-order valence-electron chi connectivity index (χ2n) is 4.70. The Morgan fingerprint density at radius 3 is 2.58 bits per heavy atom. The van der Waals surface area contributed by atoms with Gasteiger partial charge in [0, 0.05) is 17.6 Å². The third-order valence-corrected chi connectivity index (χ3v) is 3.99. The molecule has 1 aromatic carbocycles. The zero-order valence-corrected chi connectivity index (χ0v) is 13.0. The van der Waals surface area contributed by atoms with Crippen LogP contribution < -0.4 is 5.32 Å². The average molecular weight is 326 g/mol. The highest BCUT2D eigenvalue weighted by molar-refractivity contribution is 9.10. The van der Waals surface area contributed by atoms with E-state index in [0.29, 0.717) is 0 Å². The molecular formula is C14H17BrFN3. The van der Waals surface area contributed by atoms with Gasteiger partial charge in [0.1, 0.15) is 5.82 Å². The average Bonchev–Trinajstić information content (AvgIpc) is 2.56. The van der Waals surface area contributed by atoms with Gasteiger partial charge in [-0.15, -0.1) is 0 Å². The van der Waals surface area contributed by atoms with Gasteiger partial charge < -0.3 is 5.32 Å². The van der Waals surface area contributed by atoms with Crippen LogP contribution in [0.15, 0.2) is 22.7 Å². The lowest BCUT2D eigenvalue weighted by Crippen LogP contribution is -2.09. The molecular weight excluding hydrogens is 309 g/mol. The molecule has 1 aromatic heterocycles. The van der Waals surface area contributed by atoms with Crippen LogP contribution in [-0.2, 0) is 7.05 Å². The molecule has 0 aliphatic heterocycles. The molecule has 1 atom stereocenters. The van der Waals surface area contributed by atoms with E-state index in [0.717, 1.165) is 27.1 Å². The van der Waals surface area contributed by atoms with Gasteiger partial charge in [-0.1, -0.05) is 22.0 Å². The lowest BCUT2D eigenvalue weighted by molar-refractivity contribution is 0.625. The monoisotopic (exact) mass is 325 g/mol. The van der Waals surface area contributed by atoms with Crippen LogP contribution in [0, 0.1) is 19.7 Å². The summed E-state index contributed by atoms with van der Waals surface area (Å²) in [5.41, 5.74) is 4.10. The lowest BCUT2D eigenvalue weighted by Gasteiger charge is -2.17. The number of halogens is 2. The third-order valence-electron chi connectivity index (χ3n) is 3.30. The standard InChI is InChI=1S/C14H17BrFN3/c1-8(12-6-5-11(16)7-13(12)15)17-14-9(2)18-19(4)10(14)3/h5-8,17H,1-4H3. The number of hydrogen-bond donors (Lipinski definition) is 1. The van der Waals surface area contributed by atoms with Crippen molar-refractivity contribution in [3.8, 4) is 0 Å². The first kappa shape index (κ1) is 14.1. The van der Waals surface area contributed by atoms with Crippen LogP contribution in [0.5, 0.6) is 0 Å². The van der Waals surface area contributed by atoms with Gasteiger partial charge in [-0.3, -0.25) is 4.68 Å². The van der Waals surface area contributed by atoms with Crippen molar-refractivity contribution >= 4 is 21.6 Å². The van der Waals surface area contributed by atoms with E-state index in [1.165, 1.54) is 12.1 Å². The lowest BCUT2D eigenvalue weighted by atomic mass is 10.1. The van der Waals surface area contributed by atoms with Crippen LogP contribution in [-0.4, -0.2) is 9.78 Å². The first-order chi connectivity index (χ1) is 8.90. The number of nitrogens with one attached hydrogen (secondary N) is 1. The zero-order chi connectivity index (χ0) is 14.2. The molecule has 0 saturated heterocycles. The number of rotatable bonds is 3. The van der Waals surface area contributed by atoms with E-state index >= 15 is 0 Å². The quantitative estimate of drug-likeness (QED) is 0.920. The Morgan fingerprint density at radius 1 is 1.37 bits per heavy atom. The Balaban J connectivity index is 2.28. The number of benzene rings is 1.